The van der Waals surface area contributed by atoms with E-state index in [0.717, 1.165) is 38.2 Å². The van der Waals surface area contributed by atoms with Crippen molar-refractivity contribution in [1.29, 1.82) is 0 Å². The van der Waals surface area contributed by atoms with Crippen LogP contribution in [0.25, 0.3) is 0 Å². The quantitative estimate of drug-likeness (QED) is 0.386. The molecule has 0 atom stereocenters. The van der Waals surface area contributed by atoms with Gasteiger partial charge in [-0.3, -0.25) is 0 Å². The van der Waals surface area contributed by atoms with Crippen molar-refractivity contribution in [3.05, 3.63) is 23.8 Å². The van der Waals surface area contributed by atoms with E-state index in [9.17, 15) is 9.90 Å². The summed E-state index contributed by atoms with van der Waals surface area (Å²) >= 11 is 0. The number of nitrogens with zero attached hydrogens (tertiary/aromatic N) is 1. The average molecular weight is 345 g/mol. The zero-order valence-corrected chi connectivity index (χ0v) is 15.1. The summed E-state index contributed by atoms with van der Waals surface area (Å²) in [6, 6.07) is 4.93. The number of anilines is 1. The molecule has 0 aliphatic rings. The van der Waals surface area contributed by atoms with Gasteiger partial charge in [-0.15, -0.1) is 12.4 Å². The zero-order chi connectivity index (χ0) is 16.4. The fourth-order valence-electron chi connectivity index (χ4n) is 2.10. The van der Waals surface area contributed by atoms with Crippen LogP contribution in [0.1, 0.15) is 44.0 Å². The van der Waals surface area contributed by atoms with Gasteiger partial charge in [-0.1, -0.05) is 27.2 Å². The maximum Gasteiger partial charge on any atom is 0.342 e. The fraction of sp³-hybridized carbons (Fsp3) is 0.588. The maximum absolute atomic E-state index is 12.1. The van der Waals surface area contributed by atoms with Gasteiger partial charge in [0.2, 0.25) is 0 Å². The Kier molecular flexibility index (Phi) is 11.3. The van der Waals surface area contributed by atoms with Crippen LogP contribution in [0.15, 0.2) is 18.2 Å². The van der Waals surface area contributed by atoms with Gasteiger partial charge < -0.3 is 20.1 Å². The Morgan fingerprint density at radius 1 is 1.26 bits per heavy atom. The summed E-state index contributed by atoms with van der Waals surface area (Å²) in [6.45, 7) is 9.99. The number of hydrogen-bond acceptors (Lipinski definition) is 5. The molecule has 0 amide bonds. The van der Waals surface area contributed by atoms with Gasteiger partial charge in [0.05, 0.1) is 0 Å². The van der Waals surface area contributed by atoms with Crippen molar-refractivity contribution in [2.24, 2.45) is 0 Å². The molecular weight excluding hydrogens is 316 g/mol. The van der Waals surface area contributed by atoms with Crippen LogP contribution in [0.2, 0.25) is 0 Å². The van der Waals surface area contributed by atoms with Gasteiger partial charge in [0.1, 0.15) is 17.9 Å². The van der Waals surface area contributed by atoms with E-state index in [-0.39, 0.29) is 23.7 Å². The first-order chi connectivity index (χ1) is 10.6. The summed E-state index contributed by atoms with van der Waals surface area (Å²) < 4.78 is 5.26. The Labute approximate surface area is 145 Å². The number of halogens is 1. The number of unbranched alkanes of at least 4 members (excludes halogenated alkanes) is 1. The highest BCUT2D eigenvalue weighted by molar-refractivity contribution is 5.93. The molecule has 132 valence electrons. The molecule has 0 unspecified atom stereocenters. The first-order valence-corrected chi connectivity index (χ1v) is 8.08. The van der Waals surface area contributed by atoms with Gasteiger partial charge in [0, 0.05) is 18.8 Å². The van der Waals surface area contributed by atoms with Crippen LogP contribution in [0.4, 0.5) is 5.69 Å². The molecule has 0 heterocycles. The van der Waals surface area contributed by atoms with E-state index in [1.54, 1.807) is 12.1 Å². The largest absolute Gasteiger partial charge is 0.507 e. The number of ether oxygens (including phenoxy) is 1. The SMILES string of the molecule is CCCCNc1ccc(O)c(C(=O)OCCN(CC)CC)c1.Cl. The minimum atomic E-state index is -0.483. The highest BCUT2D eigenvalue weighted by Gasteiger charge is 2.14. The number of carbonyl (C=O) groups is 1. The monoisotopic (exact) mass is 344 g/mol. The van der Waals surface area contributed by atoms with Gasteiger partial charge >= 0.3 is 5.97 Å². The number of phenolic OH excluding ortho intramolecular Hbond substituents is 1. The van der Waals surface area contributed by atoms with E-state index < -0.39 is 5.97 Å². The molecule has 0 aliphatic carbocycles. The average Bonchev–Trinajstić information content (AvgIpc) is 2.53. The lowest BCUT2D eigenvalue weighted by atomic mass is 10.1. The van der Waals surface area contributed by atoms with E-state index in [4.69, 9.17) is 4.74 Å². The van der Waals surface area contributed by atoms with Crippen LogP contribution in [0.5, 0.6) is 5.75 Å². The van der Waals surface area contributed by atoms with Gasteiger partial charge in [-0.2, -0.15) is 0 Å². The molecule has 0 aliphatic heterocycles. The summed E-state index contributed by atoms with van der Waals surface area (Å²) in [5.74, 6) is -0.530. The van der Waals surface area contributed by atoms with Crippen LogP contribution >= 0.6 is 12.4 Å². The third-order valence-electron chi connectivity index (χ3n) is 3.61. The van der Waals surface area contributed by atoms with Crippen molar-refractivity contribution in [1.82, 2.24) is 4.90 Å². The summed E-state index contributed by atoms with van der Waals surface area (Å²) in [6.07, 6.45) is 2.16. The van der Waals surface area contributed by atoms with Crippen molar-refractivity contribution >= 4 is 24.1 Å². The second-order valence-electron chi connectivity index (χ2n) is 5.18. The van der Waals surface area contributed by atoms with Gasteiger partial charge in [0.15, 0.2) is 0 Å². The van der Waals surface area contributed by atoms with E-state index in [2.05, 4.69) is 31.0 Å². The second kappa shape index (κ2) is 12.0. The minimum Gasteiger partial charge on any atom is -0.507 e. The van der Waals surface area contributed by atoms with Crippen LogP contribution < -0.4 is 5.32 Å². The number of aromatic hydroxyl groups is 1. The number of carbonyl (C=O) groups excluding carboxylic acids is 1. The van der Waals surface area contributed by atoms with Crippen molar-refractivity contribution in [2.45, 2.75) is 33.6 Å². The summed E-state index contributed by atoms with van der Waals surface area (Å²) in [5.41, 5.74) is 1.03. The summed E-state index contributed by atoms with van der Waals surface area (Å²) in [5, 5.41) is 13.1. The predicted octanol–water partition coefficient (Wildman–Crippen LogP) is 3.52. The fourth-order valence-corrected chi connectivity index (χ4v) is 2.10. The normalized spacial score (nSPS) is 10.3. The Hall–Kier alpha value is -1.46. The molecule has 0 radical (unpaired) electrons. The molecule has 1 rings (SSSR count). The van der Waals surface area contributed by atoms with Crippen LogP contribution in [-0.4, -0.2) is 48.8 Å². The predicted molar refractivity (Wildman–Crippen MR) is 96.8 cm³/mol. The summed E-state index contributed by atoms with van der Waals surface area (Å²) in [4.78, 5) is 14.3. The van der Waals surface area contributed by atoms with Crippen molar-refractivity contribution < 1.29 is 14.6 Å². The molecule has 0 spiro atoms. The first kappa shape index (κ1) is 21.5. The Balaban J connectivity index is 0.00000484. The van der Waals surface area contributed by atoms with Crippen LogP contribution in [0.3, 0.4) is 0 Å². The minimum absolute atomic E-state index is 0. The standard InChI is InChI=1S/C17H28N2O3.ClH/c1-4-7-10-18-14-8-9-16(20)15(13-14)17(21)22-12-11-19(5-2)6-3;/h8-9,13,18,20H,4-7,10-12H2,1-3H3;1H. The smallest absolute Gasteiger partial charge is 0.342 e. The highest BCUT2D eigenvalue weighted by atomic mass is 35.5. The molecule has 0 aromatic heterocycles. The third-order valence-corrected chi connectivity index (χ3v) is 3.61. The second-order valence-corrected chi connectivity index (χ2v) is 5.18. The maximum atomic E-state index is 12.1. The summed E-state index contributed by atoms with van der Waals surface area (Å²) in [7, 11) is 0. The van der Waals surface area contributed by atoms with E-state index in [1.807, 2.05) is 0 Å². The molecular formula is C17H29ClN2O3. The van der Waals surface area contributed by atoms with E-state index >= 15 is 0 Å². The first-order valence-electron chi connectivity index (χ1n) is 8.08. The number of esters is 1. The van der Waals surface area contributed by atoms with Crippen LogP contribution in [0, 0.1) is 0 Å². The molecule has 23 heavy (non-hydrogen) atoms. The molecule has 2 N–H and O–H groups in total. The topological polar surface area (TPSA) is 61.8 Å². The number of nitrogens with one attached hydrogen (secondary N) is 1. The number of benzene rings is 1. The lowest BCUT2D eigenvalue weighted by molar-refractivity contribution is 0.0463. The lowest BCUT2D eigenvalue weighted by Crippen LogP contribution is -2.27. The van der Waals surface area contributed by atoms with Crippen molar-refractivity contribution in [2.75, 3.05) is 38.1 Å². The number of rotatable bonds is 10. The van der Waals surface area contributed by atoms with Gasteiger partial charge in [0.25, 0.3) is 0 Å². The Bertz CT molecular complexity index is 465. The van der Waals surface area contributed by atoms with Crippen LogP contribution in [-0.2, 0) is 4.74 Å². The molecule has 5 nitrogen and oxygen atoms in total. The number of phenols is 1. The Morgan fingerprint density at radius 2 is 1.96 bits per heavy atom. The molecule has 6 heteroatoms. The van der Waals surface area contributed by atoms with Crippen molar-refractivity contribution in [3.63, 3.8) is 0 Å². The molecule has 0 saturated heterocycles. The molecule has 1 aromatic carbocycles. The van der Waals surface area contributed by atoms with Gasteiger partial charge in [-0.25, -0.2) is 4.79 Å². The zero-order valence-electron chi connectivity index (χ0n) is 14.3. The van der Waals surface area contributed by atoms with E-state index in [0.29, 0.717) is 13.2 Å². The van der Waals surface area contributed by atoms with E-state index in [1.165, 1.54) is 6.07 Å². The molecule has 0 fully saturated rings. The highest BCUT2D eigenvalue weighted by Crippen LogP contribution is 2.22. The molecule has 0 saturated carbocycles. The Morgan fingerprint density at radius 3 is 2.57 bits per heavy atom. The van der Waals surface area contributed by atoms with Gasteiger partial charge in [-0.05, 0) is 37.7 Å². The third kappa shape index (κ3) is 7.57. The number of hydrogen-bond donors (Lipinski definition) is 2. The van der Waals surface area contributed by atoms with Crippen molar-refractivity contribution in [3.8, 4) is 5.75 Å². The lowest BCUT2D eigenvalue weighted by Gasteiger charge is -2.17. The molecule has 0 bridgehead atoms. The molecule has 1 aromatic rings. The number of likely N-dealkylation sites (N-methyl/N-ethyl adjacent to an activating group) is 1.